The molecule has 78 valence electrons. The first-order chi connectivity index (χ1) is 7.08. The molecule has 0 aromatic heterocycles. The molecular formula is C14H17N. The van der Waals surface area contributed by atoms with E-state index in [4.69, 9.17) is 0 Å². The first-order valence-corrected chi connectivity index (χ1v) is 4.89. The fourth-order valence-corrected chi connectivity index (χ4v) is 1.39. The van der Waals surface area contributed by atoms with Crippen molar-refractivity contribution in [1.82, 2.24) is 4.90 Å². The van der Waals surface area contributed by atoms with Crippen LogP contribution in [0.2, 0.25) is 0 Å². The van der Waals surface area contributed by atoms with Crippen LogP contribution >= 0.6 is 0 Å². The standard InChI is InChI=1S/C14H17N/c1-6-13-8-12(5)15(9-11(3)4)10-14(13)7-2/h6-10H,1-2,5H2,3-4H3. The molecule has 0 aromatic rings. The Morgan fingerprint density at radius 3 is 2.27 bits per heavy atom. The lowest BCUT2D eigenvalue weighted by molar-refractivity contribution is 0.635. The fraction of sp³-hybridized carbons (Fsp3) is 0.143. The van der Waals surface area contributed by atoms with Crippen LogP contribution in [0.1, 0.15) is 13.8 Å². The van der Waals surface area contributed by atoms with Crippen LogP contribution in [0.25, 0.3) is 0 Å². The summed E-state index contributed by atoms with van der Waals surface area (Å²) in [5.74, 6) is 0. The third kappa shape index (κ3) is 2.59. The molecule has 0 N–H and O–H groups in total. The Labute approximate surface area is 92.1 Å². The summed E-state index contributed by atoms with van der Waals surface area (Å²) in [7, 11) is 0. The lowest BCUT2D eigenvalue weighted by atomic mass is 10.0. The molecule has 0 radical (unpaired) electrons. The van der Waals surface area contributed by atoms with Crippen LogP contribution in [-0.2, 0) is 0 Å². The first kappa shape index (κ1) is 11.3. The maximum Gasteiger partial charge on any atom is 0.0383 e. The van der Waals surface area contributed by atoms with Gasteiger partial charge in [0, 0.05) is 18.1 Å². The van der Waals surface area contributed by atoms with Gasteiger partial charge < -0.3 is 4.90 Å². The van der Waals surface area contributed by atoms with Gasteiger partial charge in [-0.15, -0.1) is 0 Å². The molecule has 0 atom stereocenters. The van der Waals surface area contributed by atoms with E-state index in [1.54, 1.807) is 0 Å². The maximum atomic E-state index is 3.99. The molecule has 0 aliphatic carbocycles. The molecule has 1 nitrogen and oxygen atoms in total. The van der Waals surface area contributed by atoms with Gasteiger partial charge in [-0.3, -0.25) is 0 Å². The van der Waals surface area contributed by atoms with Crippen LogP contribution in [0.15, 0.2) is 72.8 Å². The SMILES string of the molecule is C=CC1=CC(=C)N(C=C(C)C)C=C1C=C. The molecule has 0 aromatic carbocycles. The molecule has 1 aliphatic heterocycles. The number of hydrogen-bond acceptors (Lipinski definition) is 1. The number of hydrogen-bond donors (Lipinski definition) is 0. The first-order valence-electron chi connectivity index (χ1n) is 4.89. The van der Waals surface area contributed by atoms with Crippen LogP contribution in [-0.4, -0.2) is 4.90 Å². The Kier molecular flexibility index (Phi) is 3.51. The quantitative estimate of drug-likeness (QED) is 0.666. The Morgan fingerprint density at radius 2 is 1.80 bits per heavy atom. The Bertz CT molecular complexity index is 388. The molecule has 0 saturated heterocycles. The summed E-state index contributed by atoms with van der Waals surface area (Å²) in [6.07, 6.45) is 9.70. The molecule has 1 rings (SSSR count). The van der Waals surface area contributed by atoms with Gasteiger partial charge >= 0.3 is 0 Å². The van der Waals surface area contributed by atoms with Crippen molar-refractivity contribution in [2.45, 2.75) is 13.8 Å². The average molecular weight is 199 g/mol. The van der Waals surface area contributed by atoms with Crippen molar-refractivity contribution in [3.8, 4) is 0 Å². The van der Waals surface area contributed by atoms with Crippen LogP contribution < -0.4 is 0 Å². The third-order valence-corrected chi connectivity index (χ3v) is 2.10. The van der Waals surface area contributed by atoms with E-state index < -0.39 is 0 Å². The zero-order valence-corrected chi connectivity index (χ0v) is 9.46. The zero-order valence-electron chi connectivity index (χ0n) is 9.46. The van der Waals surface area contributed by atoms with Crippen LogP contribution in [0.5, 0.6) is 0 Å². The monoisotopic (exact) mass is 199 g/mol. The van der Waals surface area contributed by atoms with Gasteiger partial charge in [0.25, 0.3) is 0 Å². The molecule has 0 unspecified atom stereocenters. The highest BCUT2D eigenvalue weighted by molar-refractivity contribution is 5.51. The Morgan fingerprint density at radius 1 is 1.20 bits per heavy atom. The normalized spacial score (nSPS) is 15.3. The second-order valence-corrected chi connectivity index (χ2v) is 3.70. The second kappa shape index (κ2) is 4.65. The van der Waals surface area contributed by atoms with Crippen LogP contribution in [0.4, 0.5) is 0 Å². The minimum atomic E-state index is 0.941. The van der Waals surface area contributed by atoms with E-state index in [0.717, 1.165) is 16.8 Å². The van der Waals surface area contributed by atoms with Crippen molar-refractivity contribution in [2.24, 2.45) is 0 Å². The maximum absolute atomic E-state index is 3.99. The van der Waals surface area contributed by atoms with Crippen molar-refractivity contribution in [2.75, 3.05) is 0 Å². The highest BCUT2D eigenvalue weighted by atomic mass is 15.1. The van der Waals surface area contributed by atoms with Gasteiger partial charge in [-0.05, 0) is 31.1 Å². The lowest BCUT2D eigenvalue weighted by Crippen LogP contribution is -2.12. The van der Waals surface area contributed by atoms with Gasteiger partial charge in [0.05, 0.1) is 0 Å². The predicted octanol–water partition coefficient (Wildman–Crippen LogP) is 3.92. The van der Waals surface area contributed by atoms with E-state index >= 15 is 0 Å². The van der Waals surface area contributed by atoms with Crippen molar-refractivity contribution in [3.63, 3.8) is 0 Å². The van der Waals surface area contributed by atoms with E-state index in [1.807, 2.05) is 35.5 Å². The summed E-state index contributed by atoms with van der Waals surface area (Å²) in [6, 6.07) is 0. The number of nitrogens with zero attached hydrogens (tertiary/aromatic N) is 1. The van der Waals surface area contributed by atoms with Gasteiger partial charge in [-0.1, -0.05) is 37.5 Å². The van der Waals surface area contributed by atoms with Gasteiger partial charge in [-0.2, -0.15) is 0 Å². The van der Waals surface area contributed by atoms with Crippen LogP contribution in [0.3, 0.4) is 0 Å². The zero-order chi connectivity index (χ0) is 11.4. The third-order valence-electron chi connectivity index (χ3n) is 2.10. The van der Waals surface area contributed by atoms with E-state index in [0.29, 0.717) is 0 Å². The minimum absolute atomic E-state index is 0.941. The molecular weight excluding hydrogens is 182 g/mol. The molecule has 0 amide bonds. The molecule has 1 heterocycles. The molecule has 0 saturated carbocycles. The Hall–Kier alpha value is -1.76. The average Bonchev–Trinajstić information content (AvgIpc) is 2.19. The van der Waals surface area contributed by atoms with Crippen molar-refractivity contribution >= 4 is 0 Å². The highest BCUT2D eigenvalue weighted by Gasteiger charge is 2.10. The molecule has 0 fully saturated rings. The van der Waals surface area contributed by atoms with Crippen molar-refractivity contribution in [1.29, 1.82) is 0 Å². The molecule has 0 spiro atoms. The van der Waals surface area contributed by atoms with Crippen molar-refractivity contribution < 1.29 is 0 Å². The number of rotatable bonds is 3. The molecule has 1 heteroatoms. The van der Waals surface area contributed by atoms with Gasteiger partial charge in [0.15, 0.2) is 0 Å². The summed E-state index contributed by atoms with van der Waals surface area (Å²) in [4.78, 5) is 2.00. The summed E-state index contributed by atoms with van der Waals surface area (Å²) in [6.45, 7) is 15.7. The smallest absolute Gasteiger partial charge is 0.0383 e. The molecule has 0 bridgehead atoms. The summed E-state index contributed by atoms with van der Waals surface area (Å²) in [5.41, 5.74) is 4.30. The van der Waals surface area contributed by atoms with Crippen molar-refractivity contribution in [3.05, 3.63) is 72.8 Å². The van der Waals surface area contributed by atoms with Gasteiger partial charge in [0.1, 0.15) is 0 Å². The van der Waals surface area contributed by atoms with E-state index in [2.05, 4.69) is 33.6 Å². The predicted molar refractivity (Wildman–Crippen MR) is 67.0 cm³/mol. The molecule has 15 heavy (non-hydrogen) atoms. The van der Waals surface area contributed by atoms with E-state index in [9.17, 15) is 0 Å². The highest BCUT2D eigenvalue weighted by Crippen LogP contribution is 2.24. The Balaban J connectivity index is 3.09. The van der Waals surface area contributed by atoms with E-state index in [1.165, 1.54) is 5.57 Å². The summed E-state index contributed by atoms with van der Waals surface area (Å²) in [5, 5.41) is 0. The lowest BCUT2D eigenvalue weighted by Gasteiger charge is -2.23. The van der Waals surface area contributed by atoms with Gasteiger partial charge in [0.2, 0.25) is 0 Å². The molecule has 1 aliphatic rings. The number of allylic oxidation sites excluding steroid dienone is 6. The second-order valence-electron chi connectivity index (χ2n) is 3.70. The minimum Gasteiger partial charge on any atom is -0.324 e. The van der Waals surface area contributed by atoms with Gasteiger partial charge in [-0.25, -0.2) is 0 Å². The van der Waals surface area contributed by atoms with E-state index in [-0.39, 0.29) is 0 Å². The summed E-state index contributed by atoms with van der Waals surface area (Å²) < 4.78 is 0. The topological polar surface area (TPSA) is 3.24 Å². The largest absolute Gasteiger partial charge is 0.324 e. The fourth-order valence-electron chi connectivity index (χ4n) is 1.39. The summed E-state index contributed by atoms with van der Waals surface area (Å²) >= 11 is 0. The van der Waals surface area contributed by atoms with Crippen LogP contribution in [0, 0.1) is 0 Å².